The maximum atomic E-state index is 11.8. The Labute approximate surface area is 115 Å². The maximum absolute atomic E-state index is 11.8. The normalized spacial score (nSPS) is 14.8. The van der Waals surface area contributed by atoms with Gasteiger partial charge in [0, 0.05) is 36.9 Å². The molecule has 2 aromatic rings. The molecule has 1 aromatic carbocycles. The molecular formula is C15H14N2O3. The van der Waals surface area contributed by atoms with Gasteiger partial charge in [0.05, 0.1) is 11.2 Å². The monoisotopic (exact) mass is 270 g/mol. The van der Waals surface area contributed by atoms with Crippen molar-refractivity contribution in [1.29, 1.82) is 0 Å². The number of nitrogens with zero attached hydrogens (tertiary/aromatic N) is 2. The summed E-state index contributed by atoms with van der Waals surface area (Å²) in [5.74, 6) is -0.629. The van der Waals surface area contributed by atoms with E-state index in [0.29, 0.717) is 18.7 Å². The van der Waals surface area contributed by atoms with Crippen molar-refractivity contribution in [2.75, 3.05) is 11.5 Å². The van der Waals surface area contributed by atoms with Gasteiger partial charge in [-0.05, 0) is 24.6 Å². The molecule has 0 saturated carbocycles. The maximum Gasteiger partial charge on any atom is 0.258 e. The van der Waals surface area contributed by atoms with Crippen molar-refractivity contribution >= 4 is 28.4 Å². The number of rotatable bonds is 4. The predicted molar refractivity (Wildman–Crippen MR) is 75.3 cm³/mol. The Bertz CT molecular complexity index is 697. The van der Waals surface area contributed by atoms with Gasteiger partial charge >= 0.3 is 0 Å². The molecule has 0 atom stereocenters. The molecule has 5 nitrogen and oxygen atoms in total. The van der Waals surface area contributed by atoms with E-state index in [4.69, 9.17) is 5.11 Å². The van der Waals surface area contributed by atoms with Crippen LogP contribution in [0.25, 0.3) is 10.9 Å². The molecule has 3 rings (SSSR count). The van der Waals surface area contributed by atoms with Crippen LogP contribution in [0.2, 0.25) is 0 Å². The number of benzene rings is 1. The molecular weight excluding hydrogens is 256 g/mol. The van der Waals surface area contributed by atoms with E-state index in [0.717, 1.165) is 10.9 Å². The first-order valence-electron chi connectivity index (χ1n) is 6.47. The number of aliphatic hydroxyl groups excluding tert-OH is 1. The summed E-state index contributed by atoms with van der Waals surface area (Å²) in [7, 11) is 0. The van der Waals surface area contributed by atoms with Gasteiger partial charge in [0.1, 0.15) is 0 Å². The van der Waals surface area contributed by atoms with Crippen molar-refractivity contribution in [3.8, 4) is 0 Å². The molecule has 0 radical (unpaired) electrons. The van der Waals surface area contributed by atoms with Crippen molar-refractivity contribution < 1.29 is 14.7 Å². The molecule has 0 spiro atoms. The predicted octanol–water partition coefficient (Wildman–Crippen LogP) is 1.45. The van der Waals surface area contributed by atoms with E-state index < -0.39 is 0 Å². The van der Waals surface area contributed by atoms with Crippen LogP contribution >= 0.6 is 0 Å². The zero-order valence-corrected chi connectivity index (χ0v) is 10.8. The van der Waals surface area contributed by atoms with Crippen LogP contribution in [-0.2, 0) is 16.1 Å². The van der Waals surface area contributed by atoms with Crippen molar-refractivity contribution in [2.24, 2.45) is 0 Å². The van der Waals surface area contributed by atoms with E-state index in [9.17, 15) is 9.59 Å². The molecule has 20 heavy (non-hydrogen) atoms. The van der Waals surface area contributed by atoms with Gasteiger partial charge in [0.15, 0.2) is 0 Å². The van der Waals surface area contributed by atoms with Crippen LogP contribution in [0.5, 0.6) is 0 Å². The van der Waals surface area contributed by atoms with Gasteiger partial charge in [-0.25, -0.2) is 4.90 Å². The van der Waals surface area contributed by atoms with E-state index in [-0.39, 0.29) is 18.4 Å². The lowest BCUT2D eigenvalue weighted by Gasteiger charge is -2.15. The lowest BCUT2D eigenvalue weighted by molar-refractivity contribution is -0.119. The molecule has 0 saturated heterocycles. The van der Waals surface area contributed by atoms with E-state index in [1.54, 1.807) is 6.07 Å². The smallest absolute Gasteiger partial charge is 0.258 e. The summed E-state index contributed by atoms with van der Waals surface area (Å²) in [4.78, 5) is 24.8. The summed E-state index contributed by atoms with van der Waals surface area (Å²) >= 11 is 0. The fourth-order valence-electron chi connectivity index (χ4n) is 2.48. The number of aliphatic hydroxyl groups is 1. The molecule has 5 heteroatoms. The SMILES string of the molecule is O=C1C=CC(=O)N1c1cccc2c1ccn2CCCO. The molecule has 2 amide bonds. The summed E-state index contributed by atoms with van der Waals surface area (Å²) in [5.41, 5.74) is 1.55. The topological polar surface area (TPSA) is 62.5 Å². The van der Waals surface area contributed by atoms with Crippen LogP contribution in [-0.4, -0.2) is 28.1 Å². The molecule has 1 aliphatic rings. The average Bonchev–Trinajstić information content (AvgIpc) is 3.00. The second kappa shape index (κ2) is 4.94. The number of hydrogen-bond acceptors (Lipinski definition) is 3. The van der Waals surface area contributed by atoms with Gasteiger partial charge < -0.3 is 9.67 Å². The number of carbonyl (C=O) groups excluding carboxylic acids is 2. The molecule has 0 aliphatic carbocycles. The number of aromatic nitrogens is 1. The zero-order chi connectivity index (χ0) is 14.1. The second-order valence-electron chi connectivity index (χ2n) is 4.64. The fourth-order valence-corrected chi connectivity index (χ4v) is 2.48. The lowest BCUT2D eigenvalue weighted by atomic mass is 10.2. The summed E-state index contributed by atoms with van der Waals surface area (Å²) < 4.78 is 2.01. The molecule has 1 aliphatic heterocycles. The Hall–Kier alpha value is -2.40. The highest BCUT2D eigenvalue weighted by atomic mass is 16.3. The fraction of sp³-hybridized carbons (Fsp3) is 0.200. The summed E-state index contributed by atoms with van der Waals surface area (Å²) in [5, 5.41) is 9.77. The van der Waals surface area contributed by atoms with Crippen LogP contribution in [0, 0.1) is 0 Å². The van der Waals surface area contributed by atoms with E-state index >= 15 is 0 Å². The summed E-state index contributed by atoms with van der Waals surface area (Å²) in [6.45, 7) is 0.829. The summed E-state index contributed by atoms with van der Waals surface area (Å²) in [6, 6.07) is 7.42. The van der Waals surface area contributed by atoms with Crippen LogP contribution in [0.1, 0.15) is 6.42 Å². The third-order valence-corrected chi connectivity index (χ3v) is 3.40. The first-order valence-corrected chi connectivity index (χ1v) is 6.47. The number of hydrogen-bond donors (Lipinski definition) is 1. The Morgan fingerprint density at radius 3 is 2.50 bits per heavy atom. The van der Waals surface area contributed by atoms with Gasteiger partial charge in [-0.15, -0.1) is 0 Å². The van der Waals surface area contributed by atoms with E-state index in [1.807, 2.05) is 29.0 Å². The van der Waals surface area contributed by atoms with Gasteiger partial charge in [-0.2, -0.15) is 0 Å². The number of amides is 2. The van der Waals surface area contributed by atoms with Crippen LogP contribution in [0.4, 0.5) is 5.69 Å². The van der Waals surface area contributed by atoms with Gasteiger partial charge in [0.25, 0.3) is 11.8 Å². The highest BCUT2D eigenvalue weighted by Gasteiger charge is 2.26. The minimum atomic E-state index is -0.314. The van der Waals surface area contributed by atoms with Crippen LogP contribution in [0.15, 0.2) is 42.6 Å². The van der Waals surface area contributed by atoms with E-state index in [2.05, 4.69) is 0 Å². The molecule has 0 fully saturated rings. The molecule has 102 valence electrons. The zero-order valence-electron chi connectivity index (χ0n) is 10.8. The molecule has 1 N–H and O–H groups in total. The molecule has 0 unspecified atom stereocenters. The number of imide groups is 1. The highest BCUT2D eigenvalue weighted by Crippen LogP contribution is 2.29. The number of anilines is 1. The minimum Gasteiger partial charge on any atom is -0.396 e. The third-order valence-electron chi connectivity index (χ3n) is 3.40. The van der Waals surface area contributed by atoms with Gasteiger partial charge in [0.2, 0.25) is 0 Å². The number of aryl methyl sites for hydroxylation is 1. The Balaban J connectivity index is 2.07. The first kappa shape index (κ1) is 12.6. The molecule has 1 aromatic heterocycles. The quantitative estimate of drug-likeness (QED) is 0.855. The average molecular weight is 270 g/mol. The largest absolute Gasteiger partial charge is 0.396 e. The number of carbonyl (C=O) groups is 2. The van der Waals surface area contributed by atoms with Gasteiger partial charge in [-0.1, -0.05) is 6.07 Å². The van der Waals surface area contributed by atoms with E-state index in [1.165, 1.54) is 17.1 Å². The van der Waals surface area contributed by atoms with Crippen molar-refractivity contribution in [3.05, 3.63) is 42.6 Å². The van der Waals surface area contributed by atoms with Crippen molar-refractivity contribution in [3.63, 3.8) is 0 Å². The summed E-state index contributed by atoms with van der Waals surface area (Å²) in [6.07, 6.45) is 5.13. The molecule has 2 heterocycles. The van der Waals surface area contributed by atoms with Gasteiger partial charge in [-0.3, -0.25) is 9.59 Å². The third kappa shape index (κ3) is 1.92. The van der Waals surface area contributed by atoms with Crippen molar-refractivity contribution in [2.45, 2.75) is 13.0 Å². The van der Waals surface area contributed by atoms with Crippen LogP contribution in [0.3, 0.4) is 0 Å². The first-order chi connectivity index (χ1) is 9.72. The Morgan fingerprint density at radius 2 is 1.80 bits per heavy atom. The standard InChI is InChI=1S/C15H14N2O3/c18-10-2-8-16-9-7-11-12(16)3-1-4-13(11)17-14(19)5-6-15(17)20/h1,3-7,9,18H,2,8,10H2. The number of fused-ring (bicyclic) bond motifs is 1. The minimum absolute atomic E-state index is 0.131. The molecule has 0 bridgehead atoms. The highest BCUT2D eigenvalue weighted by molar-refractivity contribution is 6.30. The van der Waals surface area contributed by atoms with Crippen molar-refractivity contribution in [1.82, 2.24) is 4.57 Å². The van der Waals surface area contributed by atoms with Crippen LogP contribution < -0.4 is 4.90 Å². The Kier molecular flexibility index (Phi) is 3.12. The second-order valence-corrected chi connectivity index (χ2v) is 4.64. The lowest BCUT2D eigenvalue weighted by Crippen LogP contribution is -2.29. The Morgan fingerprint density at radius 1 is 1.05 bits per heavy atom.